The van der Waals surface area contributed by atoms with E-state index < -0.39 is 12.2 Å². The van der Waals surface area contributed by atoms with Crippen LogP contribution in [0.5, 0.6) is 5.75 Å². The molecule has 2 aromatic carbocycles. The summed E-state index contributed by atoms with van der Waals surface area (Å²) in [6.07, 6.45) is -1.22. The first kappa shape index (κ1) is 26.9. The van der Waals surface area contributed by atoms with Crippen molar-refractivity contribution in [3.05, 3.63) is 72.6 Å². The summed E-state index contributed by atoms with van der Waals surface area (Å²) in [4.78, 5) is 0. The van der Waals surface area contributed by atoms with Crippen molar-refractivity contribution < 1.29 is 51.2 Å². The fraction of sp³-hybridized carbons (Fsp3) is 0.381. The van der Waals surface area contributed by atoms with Crippen molar-refractivity contribution in [2.24, 2.45) is 0 Å². The Morgan fingerprint density at radius 2 is 1.56 bits per heavy atom. The largest absolute Gasteiger partial charge is 2.00 e. The van der Waals surface area contributed by atoms with Crippen molar-refractivity contribution in [2.45, 2.75) is 31.5 Å². The molecule has 0 aliphatic carbocycles. The van der Waals surface area contributed by atoms with Gasteiger partial charge in [0.05, 0.1) is 6.10 Å². The molecule has 2 atom stereocenters. The van der Waals surface area contributed by atoms with Crippen molar-refractivity contribution in [3.63, 3.8) is 0 Å². The van der Waals surface area contributed by atoms with Gasteiger partial charge in [0.1, 0.15) is 12.4 Å². The number of ether oxygens (including phenoxy) is 1. The van der Waals surface area contributed by atoms with Crippen LogP contribution in [-0.2, 0) is 5.41 Å². The molecule has 0 aliphatic heterocycles. The van der Waals surface area contributed by atoms with Crippen LogP contribution < -0.4 is 4.74 Å². The van der Waals surface area contributed by atoms with Crippen molar-refractivity contribution in [2.75, 3.05) is 17.6 Å². The quantitative estimate of drug-likeness (QED) is 0.235. The number of alkyl halides is 1. The minimum absolute atomic E-state index is 0. The van der Waals surface area contributed by atoms with Gasteiger partial charge in [-0.1, -0.05) is 48.6 Å². The molecule has 4 nitrogen and oxygen atoms in total. The van der Waals surface area contributed by atoms with E-state index >= 15 is 0 Å². The molecular weight excluding hydrogens is 681 g/mol. The monoisotopic (exact) mass is 708 g/mol. The molecule has 27 heavy (non-hydrogen) atoms. The summed E-state index contributed by atoms with van der Waals surface area (Å²) in [6, 6.07) is 19.2. The van der Waals surface area contributed by atoms with E-state index in [-0.39, 0.29) is 43.1 Å². The van der Waals surface area contributed by atoms with Gasteiger partial charge in [-0.3, -0.25) is 0 Å². The molecule has 0 amide bonds. The number of hydrogen-bond acceptors (Lipinski definition) is 4. The predicted octanol–water partition coefficient (Wildman–Crippen LogP) is 3.16. The first-order chi connectivity index (χ1) is 12.3. The van der Waals surface area contributed by atoms with Gasteiger partial charge in [-0.25, -0.2) is 0 Å². The molecule has 0 bridgehead atoms. The molecule has 2 aromatic rings. The van der Waals surface area contributed by atoms with Crippen molar-refractivity contribution in [3.8, 4) is 5.75 Å². The standard InChI is InChI=1S/C18H20IO2.C3H7O2.U/c1-18(2,14-6-4-3-5-7-14)15-8-10-17(11-9-15)21-13-16(20)12-19;1-3(5)2-4;/h4-11,16,20H,12-13H2,1-2H3;3-5H,1-2H2;/q2*-1;+2. The zero-order chi connectivity index (χ0) is 19.6. The van der Waals surface area contributed by atoms with Crippen LogP contribution in [-0.4, -0.2) is 45.2 Å². The minimum Gasteiger partial charge on any atom is -0.491 e. The Morgan fingerprint density at radius 1 is 1.07 bits per heavy atom. The van der Waals surface area contributed by atoms with Gasteiger partial charge >= 0.3 is 31.1 Å². The molecular formula is C21H27IO4U. The molecule has 0 fully saturated rings. The number of aliphatic hydroxyl groups excluding tert-OH is 3. The van der Waals surface area contributed by atoms with Crippen LogP contribution in [0, 0.1) is 44.1 Å². The Labute approximate surface area is 199 Å². The van der Waals surface area contributed by atoms with Crippen molar-refractivity contribution in [1.29, 1.82) is 0 Å². The molecule has 3 N–H and O–H groups in total. The van der Waals surface area contributed by atoms with E-state index in [1.807, 2.05) is 24.3 Å². The summed E-state index contributed by atoms with van der Waals surface area (Å²) in [6.45, 7) is 7.56. The van der Waals surface area contributed by atoms with E-state index in [1.165, 1.54) is 11.1 Å². The average molecular weight is 708 g/mol. The third kappa shape index (κ3) is 9.78. The number of halogens is 1. The fourth-order valence-electron chi connectivity index (χ4n) is 2.18. The van der Waals surface area contributed by atoms with Gasteiger partial charge in [0.2, 0.25) is 0 Å². The van der Waals surface area contributed by atoms with Gasteiger partial charge in [0.25, 0.3) is 0 Å². The second-order valence-corrected chi connectivity index (χ2v) is 7.27. The van der Waals surface area contributed by atoms with Crippen molar-refractivity contribution in [1.82, 2.24) is 0 Å². The van der Waals surface area contributed by atoms with Gasteiger partial charge in [0, 0.05) is 11.0 Å². The Morgan fingerprint density at radius 3 is 2.00 bits per heavy atom. The van der Waals surface area contributed by atoms with Crippen LogP contribution in [0.4, 0.5) is 0 Å². The van der Waals surface area contributed by atoms with Gasteiger partial charge in [0.15, 0.2) is 0 Å². The van der Waals surface area contributed by atoms with E-state index in [0.717, 1.165) is 5.75 Å². The topological polar surface area (TPSA) is 69.9 Å². The summed E-state index contributed by atoms with van der Waals surface area (Å²) in [5.41, 5.74) is 2.43. The summed E-state index contributed by atoms with van der Waals surface area (Å²) < 4.78 is 6.25. The van der Waals surface area contributed by atoms with Crippen LogP contribution in [0.3, 0.4) is 0 Å². The summed E-state index contributed by atoms with van der Waals surface area (Å²) in [5.74, 6) is 0.792. The fourth-order valence-corrected chi connectivity index (χ4v) is 2.43. The first-order valence-electron chi connectivity index (χ1n) is 8.37. The molecule has 6 heteroatoms. The van der Waals surface area contributed by atoms with E-state index in [1.54, 1.807) is 0 Å². The number of rotatable bonds is 7. The maximum absolute atomic E-state index is 9.52. The number of benzene rings is 2. The van der Waals surface area contributed by atoms with Gasteiger partial charge < -0.3 is 27.0 Å². The Hall–Kier alpha value is -0.0981. The van der Waals surface area contributed by atoms with Crippen LogP contribution in [0.2, 0.25) is 0 Å². The van der Waals surface area contributed by atoms with Gasteiger partial charge in [-0.05, 0) is 29.2 Å². The third-order valence-electron chi connectivity index (χ3n) is 3.85. The second kappa shape index (κ2) is 14.0. The molecule has 0 saturated heterocycles. The minimum atomic E-state index is -0.810. The van der Waals surface area contributed by atoms with Crippen LogP contribution in [0.15, 0.2) is 48.5 Å². The van der Waals surface area contributed by atoms with Gasteiger partial charge in [-0.2, -0.15) is 30.3 Å². The molecule has 2 unspecified atom stereocenters. The summed E-state index contributed by atoms with van der Waals surface area (Å²) in [7, 11) is 0. The van der Waals surface area contributed by atoms with Crippen LogP contribution in [0.1, 0.15) is 25.0 Å². The summed E-state index contributed by atoms with van der Waals surface area (Å²) in [5, 5.41) is 25.3. The predicted molar refractivity (Wildman–Crippen MR) is 113 cm³/mol. The zero-order valence-corrected chi connectivity index (χ0v) is 22.1. The van der Waals surface area contributed by atoms with Crippen LogP contribution >= 0.6 is 22.6 Å². The SMILES string of the molecule is CC(C)(c1cc[c-]cc1)c1ccc(OCC(O)CI)cc1.[CH2-]C(O)CO.[U+2]. The molecule has 0 aliphatic rings. The zero-order valence-electron chi connectivity index (χ0n) is 15.7. The normalized spacial score (nSPS) is 12.9. The number of aliphatic hydroxyl groups is 3. The van der Waals surface area contributed by atoms with Gasteiger partial charge in [-0.15, -0.1) is 5.56 Å². The molecule has 0 saturated carbocycles. The first-order valence-corrected chi connectivity index (χ1v) is 9.89. The smallest absolute Gasteiger partial charge is 0.491 e. The third-order valence-corrected chi connectivity index (χ3v) is 4.86. The summed E-state index contributed by atoms with van der Waals surface area (Å²) >= 11 is 2.15. The maximum Gasteiger partial charge on any atom is 2.00 e. The molecule has 146 valence electrons. The average Bonchev–Trinajstić information content (AvgIpc) is 2.67. The Bertz CT molecular complexity index is 618. The van der Waals surface area contributed by atoms with E-state index in [2.05, 4.69) is 73.7 Å². The van der Waals surface area contributed by atoms with E-state index in [9.17, 15) is 5.11 Å². The van der Waals surface area contributed by atoms with Crippen LogP contribution in [0.25, 0.3) is 0 Å². The number of hydrogen-bond donors (Lipinski definition) is 3. The Kier molecular flexibility index (Phi) is 13.9. The van der Waals surface area contributed by atoms with Crippen molar-refractivity contribution >= 4 is 22.6 Å². The molecule has 0 heterocycles. The maximum atomic E-state index is 9.52. The second-order valence-electron chi connectivity index (χ2n) is 6.39. The molecule has 0 spiro atoms. The molecule has 2 rings (SSSR count). The molecule has 0 aromatic heterocycles. The molecule has 0 radical (unpaired) electrons. The van der Waals surface area contributed by atoms with E-state index in [0.29, 0.717) is 11.0 Å². The Balaban J connectivity index is 0.00000100. The van der Waals surface area contributed by atoms with E-state index in [4.69, 9.17) is 14.9 Å².